The molecule has 0 atom stereocenters. The lowest BCUT2D eigenvalue weighted by Gasteiger charge is -2.46. The van der Waals surface area contributed by atoms with Crippen LogP contribution in [-0.2, 0) is 0 Å². The lowest BCUT2D eigenvalue weighted by Crippen LogP contribution is -2.70. The second-order valence-corrected chi connectivity index (χ2v) is 3.32. The maximum absolute atomic E-state index is 3.31. The Morgan fingerprint density at radius 2 is 1.45 bits per heavy atom. The van der Waals surface area contributed by atoms with Crippen molar-refractivity contribution in [3.05, 3.63) is 0 Å². The number of rotatable bonds is 0. The third-order valence-corrected chi connectivity index (χ3v) is 2.59. The van der Waals surface area contributed by atoms with Gasteiger partial charge in [0.15, 0.2) is 0 Å². The molecule has 2 fully saturated rings. The monoisotopic (exact) mass is 198 g/mol. The second-order valence-electron chi connectivity index (χ2n) is 3.32. The molecule has 1 spiro atoms. The molecule has 2 aliphatic rings. The minimum atomic E-state index is 0. The molecule has 1 aliphatic heterocycles. The Hall–Kier alpha value is 0.500. The fraction of sp³-hybridized carbons (Fsp3) is 1.00. The van der Waals surface area contributed by atoms with Crippen LogP contribution in [0.2, 0.25) is 0 Å². The normalized spacial score (nSPS) is 26.2. The molecule has 0 unspecified atom stereocenters. The van der Waals surface area contributed by atoms with Crippen LogP contribution in [0.15, 0.2) is 0 Å². The highest BCUT2D eigenvalue weighted by atomic mass is 35.5. The Kier molecular flexibility index (Phi) is 4.71. The molecule has 2 N–H and O–H groups in total. The van der Waals surface area contributed by atoms with E-state index in [1.165, 1.54) is 38.6 Å². The summed E-state index contributed by atoms with van der Waals surface area (Å²) in [4.78, 5) is 0. The van der Waals surface area contributed by atoms with E-state index in [4.69, 9.17) is 0 Å². The SMILES string of the molecule is C1CCC2(CC1)CNN2.Cl.Cl. The Bertz CT molecular complexity index is 107. The standard InChI is InChI=1S/C7H14N2.2ClH/c1-2-4-7(5-3-1)6-8-9-7;;/h8-9H,1-6H2;2*1H. The van der Waals surface area contributed by atoms with Gasteiger partial charge >= 0.3 is 0 Å². The second kappa shape index (κ2) is 4.51. The summed E-state index contributed by atoms with van der Waals surface area (Å²) in [5.41, 5.74) is 6.97. The van der Waals surface area contributed by atoms with E-state index in [-0.39, 0.29) is 24.8 Å². The minimum absolute atomic E-state index is 0. The molecule has 1 aliphatic carbocycles. The first-order valence-corrected chi connectivity index (χ1v) is 3.91. The van der Waals surface area contributed by atoms with Crippen LogP contribution in [0.25, 0.3) is 0 Å². The molecule has 1 saturated heterocycles. The third kappa shape index (κ3) is 2.22. The minimum Gasteiger partial charge on any atom is -0.255 e. The molecule has 0 aromatic rings. The van der Waals surface area contributed by atoms with Crippen LogP contribution in [0.1, 0.15) is 32.1 Å². The van der Waals surface area contributed by atoms with E-state index in [9.17, 15) is 0 Å². The van der Waals surface area contributed by atoms with Gasteiger partial charge in [-0.2, -0.15) is 0 Å². The van der Waals surface area contributed by atoms with Gasteiger partial charge in [-0.3, -0.25) is 10.9 Å². The molecule has 11 heavy (non-hydrogen) atoms. The van der Waals surface area contributed by atoms with Gasteiger partial charge in [-0.25, -0.2) is 0 Å². The molecule has 1 heterocycles. The van der Waals surface area contributed by atoms with E-state index in [1.54, 1.807) is 0 Å². The van der Waals surface area contributed by atoms with Crippen molar-refractivity contribution in [3.8, 4) is 0 Å². The van der Waals surface area contributed by atoms with Crippen molar-refractivity contribution in [2.75, 3.05) is 6.54 Å². The van der Waals surface area contributed by atoms with Crippen LogP contribution >= 0.6 is 24.8 Å². The fourth-order valence-corrected chi connectivity index (χ4v) is 1.87. The van der Waals surface area contributed by atoms with Gasteiger partial charge in [-0.15, -0.1) is 24.8 Å². The summed E-state index contributed by atoms with van der Waals surface area (Å²) >= 11 is 0. The average Bonchev–Trinajstić information content (AvgIpc) is 1.87. The zero-order chi connectivity index (χ0) is 6.16. The number of hydrogen-bond donors (Lipinski definition) is 2. The van der Waals surface area contributed by atoms with Crippen molar-refractivity contribution in [1.82, 2.24) is 10.9 Å². The summed E-state index contributed by atoms with van der Waals surface area (Å²) < 4.78 is 0. The van der Waals surface area contributed by atoms with Crippen LogP contribution in [0.3, 0.4) is 0 Å². The van der Waals surface area contributed by atoms with Crippen LogP contribution in [-0.4, -0.2) is 12.1 Å². The number of hydrazine groups is 1. The lowest BCUT2D eigenvalue weighted by molar-refractivity contribution is 0.110. The molecule has 0 radical (unpaired) electrons. The first kappa shape index (κ1) is 11.5. The number of nitrogens with one attached hydrogen (secondary N) is 2. The molecule has 2 rings (SSSR count). The van der Waals surface area contributed by atoms with Crippen LogP contribution in [0, 0.1) is 0 Å². The lowest BCUT2D eigenvalue weighted by atomic mass is 9.80. The molecular formula is C7H16Cl2N2. The molecule has 68 valence electrons. The number of halogens is 2. The molecule has 4 heteroatoms. The highest BCUT2D eigenvalue weighted by molar-refractivity contribution is 5.85. The smallest absolute Gasteiger partial charge is 0.0461 e. The summed E-state index contributed by atoms with van der Waals surface area (Å²) in [6.45, 7) is 1.20. The van der Waals surface area contributed by atoms with Crippen LogP contribution < -0.4 is 10.9 Å². The van der Waals surface area contributed by atoms with Crippen molar-refractivity contribution in [2.45, 2.75) is 37.6 Å². The maximum atomic E-state index is 3.31. The van der Waals surface area contributed by atoms with Crippen molar-refractivity contribution >= 4 is 24.8 Å². The predicted octanol–water partition coefficient (Wildman–Crippen LogP) is 1.64. The topological polar surface area (TPSA) is 24.1 Å². The molecule has 0 aromatic carbocycles. The first-order chi connectivity index (χ1) is 4.41. The van der Waals surface area contributed by atoms with Gasteiger partial charge in [0.05, 0.1) is 0 Å². The van der Waals surface area contributed by atoms with E-state index < -0.39 is 0 Å². The third-order valence-electron chi connectivity index (χ3n) is 2.59. The molecule has 0 bridgehead atoms. The van der Waals surface area contributed by atoms with E-state index in [2.05, 4.69) is 10.9 Å². The fourth-order valence-electron chi connectivity index (χ4n) is 1.87. The molecule has 1 saturated carbocycles. The Balaban J connectivity index is 0.000000500. The highest BCUT2D eigenvalue weighted by Gasteiger charge is 2.36. The van der Waals surface area contributed by atoms with Gasteiger partial charge in [0.25, 0.3) is 0 Å². The summed E-state index contributed by atoms with van der Waals surface area (Å²) in [5, 5.41) is 0. The van der Waals surface area contributed by atoms with Crippen LogP contribution in [0.5, 0.6) is 0 Å². The first-order valence-electron chi connectivity index (χ1n) is 3.91. The average molecular weight is 199 g/mol. The van der Waals surface area contributed by atoms with Crippen molar-refractivity contribution < 1.29 is 0 Å². The molecule has 0 amide bonds. The van der Waals surface area contributed by atoms with Gasteiger partial charge in [-0.1, -0.05) is 19.3 Å². The van der Waals surface area contributed by atoms with Crippen molar-refractivity contribution in [2.24, 2.45) is 0 Å². The van der Waals surface area contributed by atoms with Crippen molar-refractivity contribution in [3.63, 3.8) is 0 Å². The van der Waals surface area contributed by atoms with Gasteiger partial charge in [0, 0.05) is 12.1 Å². The Morgan fingerprint density at radius 1 is 0.909 bits per heavy atom. The van der Waals surface area contributed by atoms with E-state index in [0.717, 1.165) is 0 Å². The van der Waals surface area contributed by atoms with Crippen molar-refractivity contribution in [1.29, 1.82) is 0 Å². The van der Waals surface area contributed by atoms with E-state index in [1.807, 2.05) is 0 Å². The molecule has 0 aromatic heterocycles. The quantitative estimate of drug-likeness (QED) is 0.619. The number of hydrogen-bond acceptors (Lipinski definition) is 2. The molecular weight excluding hydrogens is 183 g/mol. The van der Waals surface area contributed by atoms with Gasteiger partial charge in [0.2, 0.25) is 0 Å². The highest BCUT2D eigenvalue weighted by Crippen LogP contribution is 2.29. The van der Waals surface area contributed by atoms with Gasteiger partial charge in [-0.05, 0) is 12.8 Å². The summed E-state index contributed by atoms with van der Waals surface area (Å²) in [5.74, 6) is 0. The van der Waals surface area contributed by atoms with Gasteiger partial charge < -0.3 is 0 Å². The molecule has 2 nitrogen and oxygen atoms in total. The van der Waals surface area contributed by atoms with Gasteiger partial charge in [0.1, 0.15) is 0 Å². The Morgan fingerprint density at radius 3 is 1.73 bits per heavy atom. The van der Waals surface area contributed by atoms with E-state index >= 15 is 0 Å². The zero-order valence-corrected chi connectivity index (χ0v) is 8.19. The zero-order valence-electron chi connectivity index (χ0n) is 6.56. The predicted molar refractivity (Wildman–Crippen MR) is 51.5 cm³/mol. The summed E-state index contributed by atoms with van der Waals surface area (Å²) in [6.07, 6.45) is 7.08. The van der Waals surface area contributed by atoms with Crippen LogP contribution in [0.4, 0.5) is 0 Å². The Labute approximate surface area is 80.3 Å². The summed E-state index contributed by atoms with van der Waals surface area (Å²) in [7, 11) is 0. The largest absolute Gasteiger partial charge is 0.255 e. The summed E-state index contributed by atoms with van der Waals surface area (Å²) in [6, 6.07) is 0. The maximum Gasteiger partial charge on any atom is 0.0461 e. The van der Waals surface area contributed by atoms with E-state index in [0.29, 0.717) is 5.54 Å².